The van der Waals surface area contributed by atoms with E-state index in [0.717, 1.165) is 19.5 Å². The van der Waals surface area contributed by atoms with Gasteiger partial charge in [0, 0.05) is 26.1 Å². The molecular weight excluding hydrogens is 238 g/mol. The molecule has 0 aliphatic carbocycles. The SMILES string of the molecule is CN1CCCN(C(=O)C2CC(C(=O)O)=NO2)CC1. The number of carboxylic acid groups (broad SMARTS) is 1. The molecule has 7 nitrogen and oxygen atoms in total. The Hall–Kier alpha value is -1.63. The molecule has 1 fully saturated rings. The van der Waals surface area contributed by atoms with Gasteiger partial charge in [-0.1, -0.05) is 5.16 Å². The summed E-state index contributed by atoms with van der Waals surface area (Å²) in [5.74, 6) is -1.29. The van der Waals surface area contributed by atoms with Crippen LogP contribution in [0.4, 0.5) is 0 Å². The molecule has 1 atom stereocenters. The average molecular weight is 255 g/mol. The second kappa shape index (κ2) is 5.34. The fourth-order valence-electron chi connectivity index (χ4n) is 2.11. The third-order valence-corrected chi connectivity index (χ3v) is 3.22. The van der Waals surface area contributed by atoms with Crippen molar-refractivity contribution in [3.05, 3.63) is 0 Å². The zero-order valence-electron chi connectivity index (χ0n) is 10.3. The van der Waals surface area contributed by atoms with Gasteiger partial charge < -0.3 is 19.7 Å². The maximum Gasteiger partial charge on any atom is 0.353 e. The van der Waals surface area contributed by atoms with Gasteiger partial charge in [0.15, 0.2) is 5.71 Å². The van der Waals surface area contributed by atoms with Gasteiger partial charge in [0.2, 0.25) is 6.10 Å². The average Bonchev–Trinajstić information content (AvgIpc) is 2.73. The minimum Gasteiger partial charge on any atom is -0.477 e. The summed E-state index contributed by atoms with van der Waals surface area (Å²) in [6.45, 7) is 3.13. The summed E-state index contributed by atoms with van der Waals surface area (Å²) < 4.78 is 0. The van der Waals surface area contributed by atoms with Gasteiger partial charge in [-0.25, -0.2) is 4.79 Å². The first-order valence-electron chi connectivity index (χ1n) is 6.01. The van der Waals surface area contributed by atoms with E-state index in [1.54, 1.807) is 4.90 Å². The Morgan fingerprint density at radius 2 is 2.11 bits per heavy atom. The van der Waals surface area contributed by atoms with Crippen LogP contribution in [-0.4, -0.2) is 71.8 Å². The van der Waals surface area contributed by atoms with E-state index in [4.69, 9.17) is 9.94 Å². The zero-order chi connectivity index (χ0) is 13.1. The van der Waals surface area contributed by atoms with Gasteiger partial charge in [0.1, 0.15) is 0 Å². The lowest BCUT2D eigenvalue weighted by Crippen LogP contribution is -2.41. The van der Waals surface area contributed by atoms with Crippen LogP contribution in [0, 0.1) is 0 Å². The molecule has 1 saturated heterocycles. The lowest BCUT2D eigenvalue weighted by Gasteiger charge is -2.22. The van der Waals surface area contributed by atoms with E-state index < -0.39 is 12.1 Å². The van der Waals surface area contributed by atoms with Gasteiger partial charge in [-0.15, -0.1) is 0 Å². The van der Waals surface area contributed by atoms with Gasteiger partial charge in [-0.05, 0) is 20.0 Å². The summed E-state index contributed by atoms with van der Waals surface area (Å²) in [6.07, 6.45) is 0.210. The molecular formula is C11H17N3O4. The lowest BCUT2D eigenvalue weighted by atomic mass is 10.1. The van der Waals surface area contributed by atoms with Gasteiger partial charge in [0.25, 0.3) is 5.91 Å². The third-order valence-electron chi connectivity index (χ3n) is 3.22. The standard InChI is InChI=1S/C11H17N3O4/c1-13-3-2-4-14(6-5-13)10(15)9-7-8(11(16)17)12-18-9/h9H,2-7H2,1H3,(H,16,17). The number of carboxylic acids is 1. The van der Waals surface area contributed by atoms with Crippen molar-refractivity contribution >= 4 is 17.6 Å². The Bertz CT molecular complexity index is 382. The van der Waals surface area contributed by atoms with Crippen LogP contribution in [0.3, 0.4) is 0 Å². The molecule has 18 heavy (non-hydrogen) atoms. The van der Waals surface area contributed by atoms with Gasteiger partial charge in [-0.2, -0.15) is 0 Å². The summed E-state index contributed by atoms with van der Waals surface area (Å²) in [5.41, 5.74) is -0.0831. The minimum absolute atomic E-state index is 0.0561. The number of nitrogens with zero attached hydrogens (tertiary/aromatic N) is 3. The highest BCUT2D eigenvalue weighted by atomic mass is 16.6. The van der Waals surface area contributed by atoms with Crippen LogP contribution in [0.25, 0.3) is 0 Å². The molecule has 7 heteroatoms. The summed E-state index contributed by atoms with van der Waals surface area (Å²) in [6, 6.07) is 0. The first kappa shape index (κ1) is 12.8. The Morgan fingerprint density at radius 1 is 1.33 bits per heavy atom. The van der Waals surface area contributed by atoms with Crippen LogP contribution < -0.4 is 0 Å². The summed E-state index contributed by atoms with van der Waals surface area (Å²) in [7, 11) is 2.02. The van der Waals surface area contributed by atoms with E-state index in [-0.39, 0.29) is 18.0 Å². The highest BCUT2D eigenvalue weighted by molar-refractivity contribution is 6.36. The molecule has 1 unspecified atom stereocenters. The number of carbonyl (C=O) groups excluding carboxylic acids is 1. The quantitative estimate of drug-likeness (QED) is 0.711. The van der Waals surface area contributed by atoms with Crippen molar-refractivity contribution in [1.82, 2.24) is 9.80 Å². The normalized spacial score (nSPS) is 25.3. The first-order chi connectivity index (χ1) is 8.58. The molecule has 0 radical (unpaired) electrons. The Morgan fingerprint density at radius 3 is 2.78 bits per heavy atom. The van der Waals surface area contributed by atoms with Crippen molar-refractivity contribution in [3.63, 3.8) is 0 Å². The molecule has 0 aromatic carbocycles. The lowest BCUT2D eigenvalue weighted by molar-refractivity contribution is -0.141. The van der Waals surface area contributed by atoms with Crippen LogP contribution in [0.2, 0.25) is 0 Å². The Labute approximate surface area is 105 Å². The fraction of sp³-hybridized carbons (Fsp3) is 0.727. The highest BCUT2D eigenvalue weighted by Gasteiger charge is 2.34. The molecule has 2 heterocycles. The Balaban J connectivity index is 1.91. The monoisotopic (exact) mass is 255 g/mol. The molecule has 2 rings (SSSR count). The molecule has 0 spiro atoms. The molecule has 0 saturated carbocycles. The topological polar surface area (TPSA) is 82.4 Å². The molecule has 2 aliphatic heterocycles. The van der Waals surface area contributed by atoms with Crippen molar-refractivity contribution in [2.75, 3.05) is 33.2 Å². The molecule has 1 N–H and O–H groups in total. The number of carbonyl (C=O) groups is 2. The van der Waals surface area contributed by atoms with E-state index in [0.29, 0.717) is 13.1 Å². The smallest absolute Gasteiger partial charge is 0.353 e. The number of likely N-dealkylation sites (N-methyl/N-ethyl adjacent to an activating group) is 1. The van der Waals surface area contributed by atoms with Crippen molar-refractivity contribution in [3.8, 4) is 0 Å². The first-order valence-corrected chi connectivity index (χ1v) is 6.01. The molecule has 2 aliphatic rings. The largest absolute Gasteiger partial charge is 0.477 e. The Kier molecular flexibility index (Phi) is 3.81. The number of aliphatic carboxylic acids is 1. The van der Waals surface area contributed by atoms with E-state index >= 15 is 0 Å². The highest BCUT2D eigenvalue weighted by Crippen LogP contribution is 2.15. The third kappa shape index (κ3) is 2.79. The molecule has 0 bridgehead atoms. The van der Waals surface area contributed by atoms with Crippen LogP contribution in [0.15, 0.2) is 5.16 Å². The molecule has 0 aromatic heterocycles. The summed E-state index contributed by atoms with van der Waals surface area (Å²) in [4.78, 5) is 31.7. The predicted molar refractivity (Wildman–Crippen MR) is 63.3 cm³/mol. The molecule has 100 valence electrons. The zero-order valence-corrected chi connectivity index (χ0v) is 10.3. The van der Waals surface area contributed by atoms with Crippen LogP contribution in [0.5, 0.6) is 0 Å². The maximum absolute atomic E-state index is 12.1. The number of hydrogen-bond acceptors (Lipinski definition) is 5. The van der Waals surface area contributed by atoms with E-state index in [1.165, 1.54) is 0 Å². The van der Waals surface area contributed by atoms with Crippen molar-refractivity contribution in [2.24, 2.45) is 5.16 Å². The summed E-state index contributed by atoms with van der Waals surface area (Å²) in [5, 5.41) is 12.2. The number of oxime groups is 1. The predicted octanol–water partition coefficient (Wildman–Crippen LogP) is -0.620. The van der Waals surface area contributed by atoms with Gasteiger partial charge in [0.05, 0.1) is 0 Å². The van der Waals surface area contributed by atoms with Gasteiger partial charge >= 0.3 is 5.97 Å². The van der Waals surface area contributed by atoms with Crippen LogP contribution in [0.1, 0.15) is 12.8 Å². The second-order valence-electron chi connectivity index (χ2n) is 4.62. The van der Waals surface area contributed by atoms with E-state index in [9.17, 15) is 9.59 Å². The van der Waals surface area contributed by atoms with Crippen molar-refractivity contribution in [2.45, 2.75) is 18.9 Å². The van der Waals surface area contributed by atoms with Crippen molar-refractivity contribution in [1.29, 1.82) is 0 Å². The van der Waals surface area contributed by atoms with Crippen LogP contribution >= 0.6 is 0 Å². The molecule has 0 aromatic rings. The minimum atomic E-state index is -1.12. The fourth-order valence-corrected chi connectivity index (χ4v) is 2.11. The van der Waals surface area contributed by atoms with E-state index in [1.807, 2.05) is 7.05 Å². The van der Waals surface area contributed by atoms with E-state index in [2.05, 4.69) is 10.1 Å². The summed E-state index contributed by atoms with van der Waals surface area (Å²) >= 11 is 0. The number of rotatable bonds is 2. The van der Waals surface area contributed by atoms with Crippen molar-refractivity contribution < 1.29 is 19.5 Å². The molecule has 1 amide bonds. The number of hydrogen-bond donors (Lipinski definition) is 1. The second-order valence-corrected chi connectivity index (χ2v) is 4.62. The van der Waals surface area contributed by atoms with Crippen LogP contribution in [-0.2, 0) is 14.4 Å². The van der Waals surface area contributed by atoms with Gasteiger partial charge in [-0.3, -0.25) is 4.79 Å². The maximum atomic E-state index is 12.1. The number of amides is 1.